The molecule has 1 atom stereocenters. The van der Waals surface area contributed by atoms with Crippen LogP contribution >= 0.6 is 0 Å². The Morgan fingerprint density at radius 3 is 2.50 bits per heavy atom. The van der Waals surface area contributed by atoms with Gasteiger partial charge in [-0.1, -0.05) is 11.6 Å². The summed E-state index contributed by atoms with van der Waals surface area (Å²) >= 11 is 0. The molecule has 0 spiro atoms. The largest absolute Gasteiger partial charge is 0.358 e. The second-order valence-corrected chi connectivity index (χ2v) is 2.12. The highest BCUT2D eigenvalue weighted by Gasteiger charge is 2.11. The molecule has 0 aliphatic heterocycles. The van der Waals surface area contributed by atoms with Gasteiger partial charge in [-0.25, -0.2) is 0 Å². The highest BCUT2D eigenvalue weighted by Crippen LogP contribution is 1.96. The highest BCUT2D eigenvalue weighted by molar-refractivity contribution is 5.84. The van der Waals surface area contributed by atoms with Gasteiger partial charge in [-0.2, -0.15) is 0 Å². The van der Waals surface area contributed by atoms with Crippen LogP contribution in [0.5, 0.6) is 0 Å². The average Bonchev–Trinajstić information content (AvgIpc) is 2.00. The van der Waals surface area contributed by atoms with Gasteiger partial charge < -0.3 is 11.1 Å². The second-order valence-electron chi connectivity index (χ2n) is 2.12. The Bertz CT molecular complexity index is 152. The van der Waals surface area contributed by atoms with Crippen LogP contribution in [0.3, 0.4) is 0 Å². The number of allylic oxidation sites excluding steroid dienone is 1. The van der Waals surface area contributed by atoms with E-state index in [1.54, 1.807) is 7.05 Å². The molecule has 0 saturated heterocycles. The molecule has 3 heteroatoms. The lowest BCUT2D eigenvalue weighted by Crippen LogP contribution is -2.39. The van der Waals surface area contributed by atoms with E-state index in [1.807, 2.05) is 19.9 Å². The molecule has 0 aromatic rings. The first-order chi connectivity index (χ1) is 4.63. The van der Waals surface area contributed by atoms with Gasteiger partial charge in [0, 0.05) is 7.05 Å². The molecule has 58 valence electrons. The maximum Gasteiger partial charge on any atom is 0.240 e. The summed E-state index contributed by atoms with van der Waals surface area (Å²) in [7, 11) is 1.57. The van der Waals surface area contributed by atoms with Crippen molar-refractivity contribution in [2.45, 2.75) is 19.9 Å². The SMILES string of the molecule is CC=C(C)C(N)C(=O)NC. The van der Waals surface area contributed by atoms with Gasteiger partial charge in [-0.15, -0.1) is 0 Å². The zero-order valence-electron chi connectivity index (χ0n) is 6.64. The van der Waals surface area contributed by atoms with Crippen LogP contribution in [0.4, 0.5) is 0 Å². The van der Waals surface area contributed by atoms with Crippen LogP contribution in [0.1, 0.15) is 13.8 Å². The van der Waals surface area contributed by atoms with E-state index in [2.05, 4.69) is 5.32 Å². The van der Waals surface area contributed by atoms with Crippen molar-refractivity contribution in [2.75, 3.05) is 7.05 Å². The molecule has 0 rings (SSSR count). The van der Waals surface area contributed by atoms with Gasteiger partial charge in [0.25, 0.3) is 0 Å². The summed E-state index contributed by atoms with van der Waals surface area (Å²) in [5.41, 5.74) is 6.39. The first-order valence-corrected chi connectivity index (χ1v) is 3.23. The molecule has 0 aromatic heterocycles. The third-order valence-corrected chi connectivity index (χ3v) is 1.47. The lowest BCUT2D eigenvalue weighted by molar-refractivity contribution is -0.121. The molecule has 0 heterocycles. The van der Waals surface area contributed by atoms with E-state index in [4.69, 9.17) is 5.73 Å². The molecule has 1 amide bonds. The Morgan fingerprint density at radius 1 is 1.70 bits per heavy atom. The maximum atomic E-state index is 10.8. The molecule has 0 aliphatic carbocycles. The number of carbonyl (C=O) groups excluding carboxylic acids is 1. The normalized spacial score (nSPS) is 14.6. The predicted octanol–water partition coefficient (Wildman–Crippen LogP) is 0.0259. The summed E-state index contributed by atoms with van der Waals surface area (Å²) in [6, 6.07) is -0.491. The number of nitrogens with one attached hydrogen (secondary N) is 1. The zero-order chi connectivity index (χ0) is 8.15. The molecule has 0 bridgehead atoms. The molecule has 3 nitrogen and oxygen atoms in total. The molecule has 3 N–H and O–H groups in total. The minimum absolute atomic E-state index is 0.143. The lowest BCUT2D eigenvalue weighted by Gasteiger charge is -2.08. The van der Waals surface area contributed by atoms with Crippen molar-refractivity contribution in [3.8, 4) is 0 Å². The van der Waals surface area contributed by atoms with E-state index in [0.717, 1.165) is 5.57 Å². The van der Waals surface area contributed by atoms with E-state index in [1.165, 1.54) is 0 Å². The van der Waals surface area contributed by atoms with Crippen molar-refractivity contribution in [3.63, 3.8) is 0 Å². The Balaban J connectivity index is 4.08. The average molecular weight is 142 g/mol. The molecular weight excluding hydrogens is 128 g/mol. The molecule has 0 radical (unpaired) electrons. The molecule has 0 saturated carbocycles. The van der Waals surface area contributed by atoms with Gasteiger partial charge in [0.2, 0.25) is 5.91 Å². The van der Waals surface area contributed by atoms with Crippen LogP contribution in [0.25, 0.3) is 0 Å². The topological polar surface area (TPSA) is 55.1 Å². The summed E-state index contributed by atoms with van der Waals surface area (Å²) in [6.45, 7) is 3.69. The van der Waals surface area contributed by atoms with Crippen molar-refractivity contribution >= 4 is 5.91 Å². The van der Waals surface area contributed by atoms with Crippen molar-refractivity contribution in [2.24, 2.45) is 5.73 Å². The third kappa shape index (κ3) is 2.19. The number of nitrogens with two attached hydrogens (primary N) is 1. The highest BCUT2D eigenvalue weighted by atomic mass is 16.2. The fourth-order valence-corrected chi connectivity index (χ4v) is 0.542. The summed E-state index contributed by atoms with van der Waals surface area (Å²) in [5.74, 6) is -0.143. The first kappa shape index (κ1) is 9.17. The van der Waals surface area contributed by atoms with E-state index < -0.39 is 6.04 Å². The number of carbonyl (C=O) groups is 1. The molecule has 0 aliphatic rings. The maximum absolute atomic E-state index is 10.8. The van der Waals surface area contributed by atoms with Crippen LogP contribution in [0.15, 0.2) is 11.6 Å². The van der Waals surface area contributed by atoms with Crippen LogP contribution in [0, 0.1) is 0 Å². The fourth-order valence-electron chi connectivity index (χ4n) is 0.542. The van der Waals surface area contributed by atoms with E-state index in [0.29, 0.717) is 0 Å². The standard InChI is InChI=1S/C7H14N2O/c1-4-5(2)6(8)7(10)9-3/h4,6H,8H2,1-3H3,(H,9,10). The molecule has 0 aromatic carbocycles. The first-order valence-electron chi connectivity index (χ1n) is 3.23. The van der Waals surface area contributed by atoms with Crippen molar-refractivity contribution in [3.05, 3.63) is 11.6 Å². The lowest BCUT2D eigenvalue weighted by atomic mass is 10.1. The Labute approximate surface area is 61.3 Å². The van der Waals surface area contributed by atoms with Gasteiger partial charge in [-0.3, -0.25) is 4.79 Å². The zero-order valence-corrected chi connectivity index (χ0v) is 6.64. The monoisotopic (exact) mass is 142 g/mol. The predicted molar refractivity (Wildman–Crippen MR) is 41.5 cm³/mol. The fraction of sp³-hybridized carbons (Fsp3) is 0.571. The van der Waals surface area contributed by atoms with Crippen LogP contribution in [-0.4, -0.2) is 19.0 Å². The van der Waals surface area contributed by atoms with Gasteiger partial charge in [0.05, 0.1) is 0 Å². The number of likely N-dealkylation sites (N-methyl/N-ethyl adjacent to an activating group) is 1. The van der Waals surface area contributed by atoms with Gasteiger partial charge in [-0.05, 0) is 13.8 Å². The second kappa shape index (κ2) is 4.06. The quantitative estimate of drug-likeness (QED) is 0.534. The Hall–Kier alpha value is -0.830. The molecule has 10 heavy (non-hydrogen) atoms. The van der Waals surface area contributed by atoms with Crippen LogP contribution in [-0.2, 0) is 4.79 Å². The Kier molecular flexibility index (Phi) is 3.72. The van der Waals surface area contributed by atoms with E-state index in [9.17, 15) is 4.79 Å². The van der Waals surface area contributed by atoms with Crippen molar-refractivity contribution in [1.82, 2.24) is 5.32 Å². The smallest absolute Gasteiger partial charge is 0.240 e. The van der Waals surface area contributed by atoms with Crippen LogP contribution in [0.2, 0.25) is 0 Å². The summed E-state index contributed by atoms with van der Waals surface area (Å²) in [4.78, 5) is 10.8. The van der Waals surface area contributed by atoms with Gasteiger partial charge >= 0.3 is 0 Å². The van der Waals surface area contributed by atoms with E-state index >= 15 is 0 Å². The molecule has 1 unspecified atom stereocenters. The Morgan fingerprint density at radius 2 is 2.20 bits per heavy atom. The summed E-state index contributed by atoms with van der Waals surface area (Å²) in [6.07, 6.45) is 1.83. The minimum Gasteiger partial charge on any atom is -0.358 e. The minimum atomic E-state index is -0.491. The third-order valence-electron chi connectivity index (χ3n) is 1.47. The number of rotatable bonds is 2. The summed E-state index contributed by atoms with van der Waals surface area (Å²) < 4.78 is 0. The molecule has 0 fully saturated rings. The van der Waals surface area contributed by atoms with E-state index in [-0.39, 0.29) is 5.91 Å². The number of amides is 1. The number of hydrogen-bond acceptors (Lipinski definition) is 2. The van der Waals surface area contributed by atoms with Gasteiger partial charge in [0.1, 0.15) is 6.04 Å². The summed E-state index contributed by atoms with van der Waals surface area (Å²) in [5, 5.41) is 2.48. The van der Waals surface area contributed by atoms with Crippen molar-refractivity contribution in [1.29, 1.82) is 0 Å². The van der Waals surface area contributed by atoms with Crippen molar-refractivity contribution < 1.29 is 4.79 Å². The molecular formula is C7H14N2O. The van der Waals surface area contributed by atoms with Crippen LogP contribution < -0.4 is 11.1 Å². The van der Waals surface area contributed by atoms with Gasteiger partial charge in [0.15, 0.2) is 0 Å². The number of hydrogen-bond donors (Lipinski definition) is 2.